The van der Waals surface area contributed by atoms with Gasteiger partial charge in [-0.05, 0) is 31.5 Å². The fourth-order valence-electron chi connectivity index (χ4n) is 3.11. The molecule has 140 valence electrons. The number of fused-ring (bicyclic) bond motifs is 1. The van der Waals surface area contributed by atoms with E-state index in [1.807, 2.05) is 38.2 Å². The van der Waals surface area contributed by atoms with Gasteiger partial charge in [-0.1, -0.05) is 17.7 Å². The number of halogens is 1. The average molecular weight is 386 g/mol. The van der Waals surface area contributed by atoms with Gasteiger partial charge in [-0.3, -0.25) is 0 Å². The van der Waals surface area contributed by atoms with Crippen LogP contribution in [0.1, 0.15) is 11.4 Å². The van der Waals surface area contributed by atoms with E-state index in [0.29, 0.717) is 23.8 Å². The molecule has 1 fully saturated rings. The molecule has 4 rings (SSSR count). The predicted molar refractivity (Wildman–Crippen MR) is 105 cm³/mol. The van der Waals surface area contributed by atoms with Crippen molar-refractivity contribution in [2.24, 2.45) is 0 Å². The number of piperazine rings is 1. The van der Waals surface area contributed by atoms with Crippen molar-refractivity contribution >= 4 is 34.7 Å². The lowest BCUT2D eigenvalue weighted by molar-refractivity contribution is 0.208. The number of carbonyl (C=O) groups excluding carboxylic acids is 1. The van der Waals surface area contributed by atoms with Crippen LogP contribution >= 0.6 is 11.6 Å². The molecule has 0 radical (unpaired) electrons. The maximum atomic E-state index is 12.5. The number of hydrogen-bond donors (Lipinski definition) is 1. The van der Waals surface area contributed by atoms with E-state index in [0.717, 1.165) is 35.8 Å². The highest BCUT2D eigenvalue weighted by Gasteiger charge is 2.22. The Balaban J connectivity index is 1.38. The second-order valence-electron chi connectivity index (χ2n) is 6.60. The molecule has 0 unspecified atom stereocenters. The zero-order valence-corrected chi connectivity index (χ0v) is 15.9. The SMILES string of the molecule is Cc1ccc(NC(=O)N2CCN(c3cnn4c(C)nnc4c3)CC2)cc1Cl. The van der Waals surface area contributed by atoms with Crippen molar-refractivity contribution in [3.05, 3.63) is 46.9 Å². The molecule has 1 aliphatic rings. The van der Waals surface area contributed by atoms with Gasteiger partial charge in [0.15, 0.2) is 11.5 Å². The molecule has 9 heteroatoms. The van der Waals surface area contributed by atoms with Gasteiger partial charge in [0.1, 0.15) is 0 Å². The summed E-state index contributed by atoms with van der Waals surface area (Å²) < 4.78 is 1.71. The summed E-state index contributed by atoms with van der Waals surface area (Å²) in [5, 5.41) is 16.1. The van der Waals surface area contributed by atoms with Crippen LogP contribution in [0.3, 0.4) is 0 Å². The summed E-state index contributed by atoms with van der Waals surface area (Å²) in [4.78, 5) is 16.5. The average Bonchev–Trinajstić information content (AvgIpc) is 3.05. The number of rotatable bonds is 2. The number of carbonyl (C=O) groups is 1. The van der Waals surface area contributed by atoms with Gasteiger partial charge >= 0.3 is 6.03 Å². The molecule has 3 heterocycles. The summed E-state index contributed by atoms with van der Waals surface area (Å²) in [7, 11) is 0. The monoisotopic (exact) mass is 385 g/mol. The normalized spacial score (nSPS) is 14.6. The Hall–Kier alpha value is -2.87. The maximum Gasteiger partial charge on any atom is 0.321 e. The lowest BCUT2D eigenvalue weighted by Gasteiger charge is -2.35. The van der Waals surface area contributed by atoms with Crippen LogP contribution in [0.4, 0.5) is 16.2 Å². The van der Waals surface area contributed by atoms with Crippen LogP contribution in [0.2, 0.25) is 5.02 Å². The van der Waals surface area contributed by atoms with Crippen molar-refractivity contribution in [1.29, 1.82) is 0 Å². The Morgan fingerprint density at radius 2 is 1.89 bits per heavy atom. The molecule has 1 saturated heterocycles. The van der Waals surface area contributed by atoms with Crippen molar-refractivity contribution in [3.63, 3.8) is 0 Å². The van der Waals surface area contributed by atoms with Crippen LogP contribution in [-0.4, -0.2) is 56.9 Å². The summed E-state index contributed by atoms with van der Waals surface area (Å²) in [6.07, 6.45) is 1.81. The van der Waals surface area contributed by atoms with Gasteiger partial charge in [-0.25, -0.2) is 4.79 Å². The molecule has 2 amide bonds. The van der Waals surface area contributed by atoms with Crippen molar-refractivity contribution in [2.75, 3.05) is 36.4 Å². The van der Waals surface area contributed by atoms with Gasteiger partial charge in [0.2, 0.25) is 0 Å². The molecule has 0 aliphatic carbocycles. The van der Waals surface area contributed by atoms with Crippen molar-refractivity contribution < 1.29 is 4.79 Å². The molecular weight excluding hydrogens is 366 g/mol. The highest BCUT2D eigenvalue weighted by Crippen LogP contribution is 2.21. The van der Waals surface area contributed by atoms with Crippen LogP contribution in [0.25, 0.3) is 5.65 Å². The number of anilines is 2. The number of nitrogens with zero attached hydrogens (tertiary/aromatic N) is 6. The minimum Gasteiger partial charge on any atom is -0.367 e. The Bertz CT molecular complexity index is 995. The smallest absolute Gasteiger partial charge is 0.321 e. The van der Waals surface area contributed by atoms with Crippen molar-refractivity contribution in [1.82, 2.24) is 24.7 Å². The van der Waals surface area contributed by atoms with Crippen molar-refractivity contribution in [3.8, 4) is 0 Å². The fourth-order valence-corrected chi connectivity index (χ4v) is 3.29. The minimum absolute atomic E-state index is 0.115. The molecule has 1 aromatic carbocycles. The maximum absolute atomic E-state index is 12.5. The lowest BCUT2D eigenvalue weighted by Crippen LogP contribution is -2.50. The topological polar surface area (TPSA) is 78.7 Å². The number of benzene rings is 1. The molecule has 0 saturated carbocycles. The van der Waals surface area contributed by atoms with E-state index in [2.05, 4.69) is 25.5 Å². The molecule has 1 aliphatic heterocycles. The fraction of sp³-hybridized carbons (Fsp3) is 0.333. The first kappa shape index (κ1) is 17.5. The van der Waals surface area contributed by atoms with Gasteiger partial charge in [0.05, 0.1) is 11.9 Å². The molecule has 8 nitrogen and oxygen atoms in total. The van der Waals surface area contributed by atoms with E-state index >= 15 is 0 Å². The highest BCUT2D eigenvalue weighted by atomic mass is 35.5. The Morgan fingerprint density at radius 1 is 1.11 bits per heavy atom. The minimum atomic E-state index is -0.115. The van der Waals surface area contributed by atoms with Crippen LogP contribution < -0.4 is 10.2 Å². The van der Waals surface area contributed by atoms with Gasteiger partial charge in [-0.2, -0.15) is 9.61 Å². The number of amides is 2. The number of aryl methyl sites for hydroxylation is 2. The molecule has 0 atom stereocenters. The van der Waals surface area contributed by atoms with E-state index in [4.69, 9.17) is 11.6 Å². The van der Waals surface area contributed by atoms with Crippen LogP contribution in [0, 0.1) is 13.8 Å². The largest absolute Gasteiger partial charge is 0.367 e. The predicted octanol–water partition coefficient (Wildman–Crippen LogP) is 2.75. The van der Waals surface area contributed by atoms with E-state index in [-0.39, 0.29) is 6.03 Å². The van der Waals surface area contributed by atoms with Crippen LogP contribution in [0.15, 0.2) is 30.5 Å². The number of nitrogens with one attached hydrogen (secondary N) is 1. The summed E-state index contributed by atoms with van der Waals surface area (Å²) in [6.45, 7) is 6.51. The Labute approximate surface area is 161 Å². The molecule has 0 spiro atoms. The molecular formula is C18H20ClN7O. The third kappa shape index (κ3) is 3.52. The van der Waals surface area contributed by atoms with E-state index < -0.39 is 0 Å². The Kier molecular flexibility index (Phi) is 4.57. The first-order chi connectivity index (χ1) is 13.0. The highest BCUT2D eigenvalue weighted by molar-refractivity contribution is 6.31. The Morgan fingerprint density at radius 3 is 2.63 bits per heavy atom. The summed E-state index contributed by atoms with van der Waals surface area (Å²) in [5.74, 6) is 0.759. The molecule has 27 heavy (non-hydrogen) atoms. The zero-order chi connectivity index (χ0) is 19.0. The van der Waals surface area contributed by atoms with Crippen molar-refractivity contribution in [2.45, 2.75) is 13.8 Å². The molecule has 3 aromatic rings. The molecule has 2 aromatic heterocycles. The van der Waals surface area contributed by atoms with Crippen LogP contribution in [0.5, 0.6) is 0 Å². The van der Waals surface area contributed by atoms with Gasteiger partial charge in [-0.15, -0.1) is 10.2 Å². The number of hydrogen-bond acceptors (Lipinski definition) is 5. The lowest BCUT2D eigenvalue weighted by atomic mass is 10.2. The van der Waals surface area contributed by atoms with Crippen LogP contribution in [-0.2, 0) is 0 Å². The number of aromatic nitrogens is 4. The summed E-state index contributed by atoms with van der Waals surface area (Å²) in [5.41, 5.74) is 3.40. The van der Waals surface area contributed by atoms with E-state index in [1.165, 1.54) is 0 Å². The van der Waals surface area contributed by atoms with Gasteiger partial charge in [0.25, 0.3) is 0 Å². The third-order valence-corrected chi connectivity index (χ3v) is 5.17. The standard InChI is InChI=1S/C18H20ClN7O/c1-12-3-4-14(9-16(12)19)21-18(27)25-7-5-24(6-8-25)15-10-17-23-22-13(2)26(17)20-11-15/h3-4,9-11H,5-8H2,1-2H3,(H,21,27). The molecule has 1 N–H and O–H groups in total. The van der Waals surface area contributed by atoms with Gasteiger partial charge < -0.3 is 15.1 Å². The number of urea groups is 1. The summed E-state index contributed by atoms with van der Waals surface area (Å²) >= 11 is 6.12. The van der Waals surface area contributed by atoms with E-state index in [1.54, 1.807) is 15.5 Å². The first-order valence-electron chi connectivity index (χ1n) is 8.76. The first-order valence-corrected chi connectivity index (χ1v) is 9.14. The zero-order valence-electron chi connectivity index (χ0n) is 15.2. The van der Waals surface area contributed by atoms with Gasteiger partial charge in [0, 0.05) is 43.0 Å². The second-order valence-corrected chi connectivity index (χ2v) is 7.01. The summed E-state index contributed by atoms with van der Waals surface area (Å²) in [6, 6.07) is 7.38. The van der Waals surface area contributed by atoms with E-state index in [9.17, 15) is 4.79 Å². The second kappa shape index (κ2) is 7.03. The quantitative estimate of drug-likeness (QED) is 0.733. The third-order valence-electron chi connectivity index (χ3n) is 4.76. The molecule has 0 bridgehead atoms.